The molecule has 10 nitrogen and oxygen atoms in total. The highest BCUT2D eigenvalue weighted by molar-refractivity contribution is 7.98. The molecule has 0 bridgehead atoms. The molecule has 1 amide bonds. The highest BCUT2D eigenvalue weighted by atomic mass is 32.2. The molecule has 266 valence electrons. The van der Waals surface area contributed by atoms with Crippen LogP contribution in [0.4, 0.5) is 31.8 Å². The largest absolute Gasteiger partial charge is 0.494 e. The van der Waals surface area contributed by atoms with Gasteiger partial charge in [0.05, 0.1) is 29.9 Å². The molecule has 0 spiro atoms. The van der Waals surface area contributed by atoms with Crippen molar-refractivity contribution < 1.29 is 18.3 Å². The van der Waals surface area contributed by atoms with E-state index >= 15 is 0 Å². The molecular weight excluding hydrogens is 683 g/mol. The van der Waals surface area contributed by atoms with Crippen molar-refractivity contribution in [2.75, 3.05) is 67.4 Å². The molecule has 0 aliphatic carbocycles. The van der Waals surface area contributed by atoms with Crippen molar-refractivity contribution >= 4 is 46.3 Å². The van der Waals surface area contributed by atoms with Crippen LogP contribution in [0, 0.1) is 18.6 Å². The Labute approximate surface area is 304 Å². The van der Waals surface area contributed by atoms with Crippen LogP contribution in [0.2, 0.25) is 0 Å². The first kappa shape index (κ1) is 34.9. The minimum absolute atomic E-state index is 0.205. The van der Waals surface area contributed by atoms with E-state index < -0.39 is 23.2 Å². The Bertz CT molecular complexity index is 2220. The number of anilines is 4. The molecule has 13 heteroatoms. The molecule has 0 radical (unpaired) electrons. The van der Waals surface area contributed by atoms with Crippen LogP contribution in [-0.4, -0.2) is 82.0 Å². The second-order valence-corrected chi connectivity index (χ2v) is 13.4. The molecule has 0 atom stereocenters. The fourth-order valence-corrected chi connectivity index (χ4v) is 6.88. The predicted molar refractivity (Wildman–Crippen MR) is 204 cm³/mol. The maximum atomic E-state index is 14.3. The first-order valence-electron chi connectivity index (χ1n) is 16.9. The number of imidazole rings is 1. The van der Waals surface area contributed by atoms with Crippen molar-refractivity contribution in [3.05, 3.63) is 114 Å². The summed E-state index contributed by atoms with van der Waals surface area (Å²) < 4.78 is 36.4. The molecule has 0 unspecified atom stereocenters. The first-order chi connectivity index (χ1) is 25.3. The van der Waals surface area contributed by atoms with Crippen molar-refractivity contribution in [1.82, 2.24) is 24.3 Å². The molecule has 1 aliphatic rings. The molecule has 1 aliphatic heterocycles. The Balaban J connectivity index is 1.18. The van der Waals surface area contributed by atoms with Crippen molar-refractivity contribution in [1.29, 1.82) is 0 Å². The summed E-state index contributed by atoms with van der Waals surface area (Å²) in [5.41, 5.74) is 5.81. The van der Waals surface area contributed by atoms with Crippen LogP contribution in [0.3, 0.4) is 0 Å². The van der Waals surface area contributed by atoms with Gasteiger partial charge in [0.15, 0.2) is 0 Å². The summed E-state index contributed by atoms with van der Waals surface area (Å²) in [7, 11) is 1.66. The number of para-hydroxylation sites is 1. The number of hydrogen-bond donors (Lipinski definition) is 2. The molecule has 52 heavy (non-hydrogen) atoms. The summed E-state index contributed by atoms with van der Waals surface area (Å²) in [6.07, 6.45) is 5.71. The lowest BCUT2D eigenvalue weighted by molar-refractivity contribution is 0.102. The van der Waals surface area contributed by atoms with Crippen LogP contribution in [-0.2, 0) is 0 Å². The summed E-state index contributed by atoms with van der Waals surface area (Å²) in [5, 5.41) is 5.73. The molecule has 3 aromatic carbocycles. The second kappa shape index (κ2) is 15.4. The molecule has 4 heterocycles. The number of hydrogen-bond acceptors (Lipinski definition) is 9. The van der Waals surface area contributed by atoms with Crippen molar-refractivity contribution in [3.63, 3.8) is 0 Å². The number of thioether (sulfide) groups is 1. The topological polar surface area (TPSA) is 99.9 Å². The Morgan fingerprint density at radius 2 is 1.73 bits per heavy atom. The first-order valence-corrected chi connectivity index (χ1v) is 18.3. The van der Waals surface area contributed by atoms with E-state index in [1.807, 2.05) is 46.6 Å². The van der Waals surface area contributed by atoms with Crippen molar-refractivity contribution in [2.45, 2.75) is 6.92 Å². The number of fused-ring (bicyclic) bond motifs is 1. The number of amides is 1. The number of piperazine rings is 1. The number of ether oxygens (including phenoxy) is 1. The van der Waals surface area contributed by atoms with Crippen LogP contribution in [0.15, 0.2) is 91.3 Å². The van der Waals surface area contributed by atoms with Gasteiger partial charge in [0, 0.05) is 73.8 Å². The molecule has 3 aromatic heterocycles. The number of carbonyl (C=O) groups is 1. The molecule has 0 saturated carbocycles. The lowest BCUT2D eigenvalue weighted by Gasteiger charge is -2.37. The van der Waals surface area contributed by atoms with Crippen LogP contribution < -0.4 is 20.3 Å². The summed E-state index contributed by atoms with van der Waals surface area (Å²) in [6, 6.07) is 21.8. The highest BCUT2D eigenvalue weighted by Crippen LogP contribution is 2.37. The maximum absolute atomic E-state index is 14.3. The van der Waals surface area contributed by atoms with Crippen LogP contribution >= 0.6 is 11.8 Å². The fraction of sp³-hybridized carbons (Fsp3) is 0.231. The lowest BCUT2D eigenvalue weighted by Crippen LogP contribution is -2.47. The lowest BCUT2D eigenvalue weighted by atomic mass is 10.0. The van der Waals surface area contributed by atoms with Gasteiger partial charge in [-0.05, 0) is 67.3 Å². The van der Waals surface area contributed by atoms with Gasteiger partial charge in [-0.3, -0.25) is 14.1 Å². The SMILES string of the molecule is COc1cc(N2CCN(CCSC)CC2)c(C)cc1Nc1nccc(-c2c(-c3cccc(C(=O)Nc4c(F)cccc4F)c3)nc3ccccn23)n1. The van der Waals surface area contributed by atoms with Gasteiger partial charge in [0.25, 0.3) is 5.91 Å². The summed E-state index contributed by atoms with van der Waals surface area (Å²) in [5.74, 6) is -0.196. The summed E-state index contributed by atoms with van der Waals surface area (Å²) >= 11 is 1.88. The predicted octanol–water partition coefficient (Wildman–Crippen LogP) is 7.53. The number of nitrogens with one attached hydrogen (secondary N) is 2. The van der Waals surface area contributed by atoms with Gasteiger partial charge in [-0.15, -0.1) is 0 Å². The van der Waals surface area contributed by atoms with Gasteiger partial charge in [-0.1, -0.05) is 24.3 Å². The van der Waals surface area contributed by atoms with Crippen LogP contribution in [0.5, 0.6) is 5.75 Å². The van der Waals surface area contributed by atoms with E-state index in [2.05, 4.69) is 50.7 Å². The van der Waals surface area contributed by atoms with Crippen molar-refractivity contribution in [3.8, 4) is 28.4 Å². The van der Waals surface area contributed by atoms with Crippen LogP contribution in [0.1, 0.15) is 15.9 Å². The highest BCUT2D eigenvalue weighted by Gasteiger charge is 2.22. The summed E-state index contributed by atoms with van der Waals surface area (Å²) in [6.45, 7) is 7.17. The third-order valence-corrected chi connectivity index (χ3v) is 9.71. The Hall–Kier alpha value is -5.53. The zero-order valence-electron chi connectivity index (χ0n) is 29.1. The standard InChI is InChI=1S/C39H38F2N8O2S/c1-25-22-31(33(51-2)24-32(25)48-18-16-47(17-19-48)20-21-52-3)44-39-42-14-13-30(43-39)37-35(45-34-12-4-5-15-49(34)37)26-8-6-9-27(23-26)38(50)46-36-28(40)10-7-11-29(36)41/h4-15,22-24H,16-21H2,1-3H3,(H,46,50)(H,42,43,44). The third kappa shape index (κ3) is 7.28. The zero-order valence-corrected chi connectivity index (χ0v) is 29.9. The number of aryl methyl sites for hydroxylation is 1. The smallest absolute Gasteiger partial charge is 0.255 e. The maximum Gasteiger partial charge on any atom is 0.255 e. The van der Waals surface area contributed by atoms with Gasteiger partial charge in [0.1, 0.15) is 28.7 Å². The molecule has 1 fully saturated rings. The average molecular weight is 721 g/mol. The minimum Gasteiger partial charge on any atom is -0.494 e. The minimum atomic E-state index is -0.861. The molecule has 2 N–H and O–H groups in total. The quantitative estimate of drug-likeness (QED) is 0.141. The fourth-order valence-electron chi connectivity index (χ4n) is 6.44. The molecule has 7 rings (SSSR count). The van der Waals surface area contributed by atoms with E-state index in [-0.39, 0.29) is 5.56 Å². The number of rotatable bonds is 11. The zero-order chi connectivity index (χ0) is 36.2. The Kier molecular flexibility index (Phi) is 10.3. The van der Waals surface area contributed by atoms with Gasteiger partial charge in [-0.25, -0.2) is 23.7 Å². The molecule has 1 saturated heterocycles. The van der Waals surface area contributed by atoms with Gasteiger partial charge < -0.3 is 20.3 Å². The number of pyridine rings is 1. The number of carbonyl (C=O) groups excluding carboxylic acids is 1. The summed E-state index contributed by atoms with van der Waals surface area (Å²) in [4.78, 5) is 32.4. The number of benzene rings is 3. The second-order valence-electron chi connectivity index (χ2n) is 12.4. The van der Waals surface area contributed by atoms with E-state index in [0.717, 1.165) is 67.5 Å². The number of aromatic nitrogens is 4. The van der Waals surface area contributed by atoms with Crippen LogP contribution in [0.25, 0.3) is 28.3 Å². The Morgan fingerprint density at radius 3 is 2.50 bits per heavy atom. The third-order valence-electron chi connectivity index (χ3n) is 9.12. The number of methoxy groups -OCH3 is 1. The molecule has 6 aromatic rings. The number of nitrogens with zero attached hydrogens (tertiary/aromatic N) is 6. The Morgan fingerprint density at radius 1 is 0.942 bits per heavy atom. The average Bonchev–Trinajstić information content (AvgIpc) is 3.56. The van der Waals surface area contributed by atoms with Gasteiger partial charge in [-0.2, -0.15) is 11.8 Å². The van der Waals surface area contributed by atoms with E-state index in [0.29, 0.717) is 40.0 Å². The molecular formula is C39H38F2N8O2S. The van der Waals surface area contributed by atoms with Crippen molar-refractivity contribution in [2.24, 2.45) is 0 Å². The van der Waals surface area contributed by atoms with E-state index in [9.17, 15) is 13.6 Å². The number of halogens is 2. The van der Waals surface area contributed by atoms with E-state index in [1.54, 1.807) is 37.6 Å². The monoisotopic (exact) mass is 720 g/mol. The van der Waals surface area contributed by atoms with E-state index in [4.69, 9.17) is 14.7 Å². The van der Waals surface area contributed by atoms with Gasteiger partial charge in [0.2, 0.25) is 5.95 Å². The van der Waals surface area contributed by atoms with Gasteiger partial charge >= 0.3 is 0 Å². The van der Waals surface area contributed by atoms with E-state index in [1.165, 1.54) is 6.07 Å². The normalized spacial score (nSPS) is 13.4.